The van der Waals surface area contributed by atoms with Gasteiger partial charge in [-0.05, 0) is 55.9 Å². The van der Waals surface area contributed by atoms with Crippen LogP contribution in [0, 0.1) is 5.92 Å². The molecule has 1 fully saturated rings. The molecule has 0 heterocycles. The number of nitrogens with one attached hydrogen (secondary N) is 1. The fourth-order valence-corrected chi connectivity index (χ4v) is 3.38. The Kier molecular flexibility index (Phi) is 7.22. The average Bonchev–Trinajstić information content (AvgIpc) is 3.15. The summed E-state index contributed by atoms with van der Waals surface area (Å²) in [6, 6.07) is 0.449. The maximum atomic E-state index is 11.6. The summed E-state index contributed by atoms with van der Waals surface area (Å²) in [6.45, 7) is 6.47. The van der Waals surface area contributed by atoms with Gasteiger partial charge >= 0.3 is 5.97 Å². The summed E-state index contributed by atoms with van der Waals surface area (Å²) in [6.07, 6.45) is 5.95. The highest BCUT2D eigenvalue weighted by molar-refractivity contribution is 7.99. The molecule has 0 saturated heterocycles. The number of carbonyl (C=O) groups is 1. The molecule has 0 aromatic heterocycles. The summed E-state index contributed by atoms with van der Waals surface area (Å²) in [5, 5.41) is 12.9. The van der Waals surface area contributed by atoms with Crippen molar-refractivity contribution in [1.82, 2.24) is 5.32 Å². The number of thioether (sulfide) groups is 1. The first-order valence-electron chi connectivity index (χ1n) is 7.59. The van der Waals surface area contributed by atoms with Crippen molar-refractivity contribution in [3.63, 3.8) is 0 Å². The van der Waals surface area contributed by atoms with E-state index in [4.69, 9.17) is 0 Å². The van der Waals surface area contributed by atoms with Gasteiger partial charge in [-0.3, -0.25) is 10.1 Å². The van der Waals surface area contributed by atoms with E-state index in [9.17, 15) is 9.90 Å². The number of hydrogen-bond acceptors (Lipinski definition) is 3. The summed E-state index contributed by atoms with van der Waals surface area (Å²) in [4.78, 5) is 11.6. The van der Waals surface area contributed by atoms with E-state index in [1.165, 1.54) is 12.2 Å². The molecule has 0 radical (unpaired) electrons. The molecule has 2 N–H and O–H groups in total. The van der Waals surface area contributed by atoms with Gasteiger partial charge in [0.25, 0.3) is 0 Å². The van der Waals surface area contributed by atoms with Gasteiger partial charge in [-0.2, -0.15) is 11.8 Å². The zero-order valence-corrected chi connectivity index (χ0v) is 13.4. The van der Waals surface area contributed by atoms with Crippen LogP contribution in [0.1, 0.15) is 59.3 Å². The Morgan fingerprint density at radius 1 is 1.42 bits per heavy atom. The quantitative estimate of drug-likeness (QED) is 0.571. The van der Waals surface area contributed by atoms with Crippen LogP contribution in [0.2, 0.25) is 0 Å². The van der Waals surface area contributed by atoms with E-state index in [0.29, 0.717) is 12.5 Å². The fourth-order valence-electron chi connectivity index (χ4n) is 2.19. The van der Waals surface area contributed by atoms with Crippen LogP contribution in [-0.2, 0) is 4.79 Å². The molecule has 0 spiro atoms. The van der Waals surface area contributed by atoms with Gasteiger partial charge in [-0.1, -0.05) is 20.8 Å². The number of carboxylic acid groups (broad SMARTS) is 1. The zero-order valence-electron chi connectivity index (χ0n) is 12.6. The molecule has 19 heavy (non-hydrogen) atoms. The van der Waals surface area contributed by atoms with E-state index >= 15 is 0 Å². The highest BCUT2D eigenvalue weighted by Gasteiger charge is 2.40. The smallest absolute Gasteiger partial charge is 0.323 e. The van der Waals surface area contributed by atoms with E-state index in [2.05, 4.69) is 19.2 Å². The second-order valence-corrected chi connectivity index (χ2v) is 7.28. The van der Waals surface area contributed by atoms with E-state index in [1.54, 1.807) is 0 Å². The largest absolute Gasteiger partial charge is 0.480 e. The molecule has 1 unspecified atom stereocenters. The average molecular weight is 287 g/mol. The predicted octanol–water partition coefficient (Wildman–Crippen LogP) is 3.53. The lowest BCUT2D eigenvalue weighted by Crippen LogP contribution is -2.52. The van der Waals surface area contributed by atoms with Crippen LogP contribution in [-0.4, -0.2) is 34.2 Å². The second kappa shape index (κ2) is 8.15. The van der Waals surface area contributed by atoms with Crippen molar-refractivity contribution in [2.45, 2.75) is 70.9 Å². The van der Waals surface area contributed by atoms with Crippen molar-refractivity contribution in [3.05, 3.63) is 0 Å². The van der Waals surface area contributed by atoms with Crippen LogP contribution in [0.3, 0.4) is 0 Å². The molecule has 0 aliphatic heterocycles. The first kappa shape index (κ1) is 16.8. The normalized spacial score (nSPS) is 18.5. The van der Waals surface area contributed by atoms with Crippen LogP contribution < -0.4 is 5.32 Å². The van der Waals surface area contributed by atoms with E-state index < -0.39 is 11.5 Å². The maximum Gasteiger partial charge on any atom is 0.323 e. The fraction of sp³-hybridized carbons (Fsp3) is 0.933. The van der Waals surface area contributed by atoms with Crippen molar-refractivity contribution in [1.29, 1.82) is 0 Å². The van der Waals surface area contributed by atoms with Crippen LogP contribution in [0.25, 0.3) is 0 Å². The third-order valence-corrected chi connectivity index (χ3v) is 4.90. The summed E-state index contributed by atoms with van der Waals surface area (Å²) in [5.41, 5.74) is -0.681. The molecule has 0 bridgehead atoms. The lowest BCUT2D eigenvalue weighted by molar-refractivity contribution is -0.145. The van der Waals surface area contributed by atoms with Crippen LogP contribution in [0.15, 0.2) is 0 Å². The van der Waals surface area contributed by atoms with Crippen molar-refractivity contribution >= 4 is 17.7 Å². The Balaban J connectivity index is 2.26. The Hall–Kier alpha value is -0.220. The maximum absolute atomic E-state index is 11.6. The molecule has 1 atom stereocenters. The summed E-state index contributed by atoms with van der Waals surface area (Å²) in [5.74, 6) is 2.36. The van der Waals surface area contributed by atoms with Gasteiger partial charge in [0.1, 0.15) is 5.54 Å². The number of carboxylic acids is 1. The van der Waals surface area contributed by atoms with Crippen molar-refractivity contribution in [2.24, 2.45) is 5.92 Å². The molecule has 4 heteroatoms. The SMILES string of the molecule is CCC(CCCSCCC(C)C)(NC1CC1)C(=O)O. The topological polar surface area (TPSA) is 49.3 Å². The first-order valence-corrected chi connectivity index (χ1v) is 8.74. The lowest BCUT2D eigenvalue weighted by atomic mass is 9.90. The molecule has 0 aromatic carbocycles. The van der Waals surface area contributed by atoms with Gasteiger partial charge in [0, 0.05) is 6.04 Å². The Morgan fingerprint density at radius 2 is 2.11 bits per heavy atom. The molecule has 0 aromatic rings. The minimum absolute atomic E-state index is 0.449. The molecule has 1 saturated carbocycles. The molecular weight excluding hydrogens is 258 g/mol. The van der Waals surface area contributed by atoms with Gasteiger partial charge < -0.3 is 5.11 Å². The number of aliphatic carboxylic acids is 1. The Morgan fingerprint density at radius 3 is 2.58 bits per heavy atom. The third-order valence-electron chi connectivity index (χ3n) is 3.80. The lowest BCUT2D eigenvalue weighted by Gasteiger charge is -2.29. The minimum Gasteiger partial charge on any atom is -0.480 e. The summed E-state index contributed by atoms with van der Waals surface area (Å²) in [7, 11) is 0. The minimum atomic E-state index is -0.681. The van der Waals surface area contributed by atoms with Gasteiger partial charge in [-0.25, -0.2) is 0 Å². The van der Waals surface area contributed by atoms with Crippen LogP contribution in [0.4, 0.5) is 0 Å². The van der Waals surface area contributed by atoms with E-state index in [-0.39, 0.29) is 0 Å². The van der Waals surface area contributed by atoms with Crippen molar-refractivity contribution in [3.8, 4) is 0 Å². The van der Waals surface area contributed by atoms with Crippen molar-refractivity contribution in [2.75, 3.05) is 11.5 Å². The standard InChI is InChI=1S/C15H29NO2S/c1-4-15(14(17)18,16-13-6-7-13)9-5-10-19-11-8-12(2)3/h12-13,16H,4-11H2,1-3H3,(H,17,18). The summed E-state index contributed by atoms with van der Waals surface area (Å²) >= 11 is 1.96. The molecule has 3 nitrogen and oxygen atoms in total. The third kappa shape index (κ3) is 6.17. The van der Waals surface area contributed by atoms with Crippen LogP contribution in [0.5, 0.6) is 0 Å². The monoisotopic (exact) mass is 287 g/mol. The zero-order chi connectivity index (χ0) is 14.3. The Labute approximate surface area is 121 Å². The van der Waals surface area contributed by atoms with Gasteiger partial charge in [-0.15, -0.1) is 0 Å². The first-order chi connectivity index (χ1) is 9.00. The summed E-state index contributed by atoms with van der Waals surface area (Å²) < 4.78 is 0. The Bertz CT molecular complexity index is 279. The number of hydrogen-bond donors (Lipinski definition) is 2. The highest BCUT2D eigenvalue weighted by Crippen LogP contribution is 2.28. The van der Waals surface area contributed by atoms with E-state index in [1.807, 2.05) is 18.7 Å². The van der Waals surface area contributed by atoms with Gasteiger partial charge in [0.05, 0.1) is 0 Å². The molecular formula is C15H29NO2S. The molecule has 112 valence electrons. The second-order valence-electron chi connectivity index (χ2n) is 6.06. The molecule has 1 rings (SSSR count). The van der Waals surface area contributed by atoms with E-state index in [0.717, 1.165) is 37.4 Å². The van der Waals surface area contributed by atoms with Gasteiger partial charge in [0.15, 0.2) is 0 Å². The van der Waals surface area contributed by atoms with Crippen LogP contribution >= 0.6 is 11.8 Å². The molecule has 0 amide bonds. The van der Waals surface area contributed by atoms with Gasteiger partial charge in [0.2, 0.25) is 0 Å². The predicted molar refractivity (Wildman–Crippen MR) is 82.8 cm³/mol. The number of rotatable bonds is 11. The molecule has 1 aliphatic carbocycles. The highest BCUT2D eigenvalue weighted by atomic mass is 32.2. The molecule has 1 aliphatic rings. The van der Waals surface area contributed by atoms with Crippen molar-refractivity contribution < 1.29 is 9.90 Å².